The number of hydrogen-bond donors (Lipinski definition) is 0. The highest BCUT2D eigenvalue weighted by Gasteiger charge is 1.83. The lowest BCUT2D eigenvalue weighted by Crippen LogP contribution is -1.65. The maximum atomic E-state index is 7.03. The lowest BCUT2D eigenvalue weighted by Gasteiger charge is -1.87. The van der Waals surface area contributed by atoms with Crippen molar-refractivity contribution in [3.63, 3.8) is 0 Å². The van der Waals surface area contributed by atoms with Crippen LogP contribution in [0.3, 0.4) is 0 Å². The number of benzene rings is 1. The first kappa shape index (κ1) is 5.45. The standard InChI is InChI=1S/C6H5ClN/c7-5-1-3-6(8)4-2-5/h1-4,8H. The molecule has 0 aliphatic heterocycles. The molecule has 0 unspecified atom stereocenters. The zero-order valence-corrected chi connectivity index (χ0v) is 4.94. The zero-order chi connectivity index (χ0) is 5.98. The van der Waals surface area contributed by atoms with Gasteiger partial charge >= 0.3 is 0 Å². The molecule has 0 saturated heterocycles. The Morgan fingerprint density at radius 1 is 1.12 bits per heavy atom. The van der Waals surface area contributed by atoms with Crippen molar-refractivity contribution in [2.24, 2.45) is 0 Å². The van der Waals surface area contributed by atoms with Gasteiger partial charge in [-0.05, 0) is 24.3 Å². The summed E-state index contributed by atoms with van der Waals surface area (Å²) in [5, 5.41) is 0.681. The van der Waals surface area contributed by atoms with E-state index in [4.69, 9.17) is 17.3 Å². The molecule has 0 fully saturated rings. The van der Waals surface area contributed by atoms with E-state index in [1.165, 1.54) is 0 Å². The summed E-state index contributed by atoms with van der Waals surface area (Å²) in [7, 11) is 0. The molecular formula is C6H5ClN. The molecule has 1 rings (SSSR count). The minimum atomic E-state index is 0.495. The van der Waals surface area contributed by atoms with Gasteiger partial charge in [0, 0.05) is 5.02 Å². The Hall–Kier alpha value is -0.690. The molecule has 0 amide bonds. The van der Waals surface area contributed by atoms with Gasteiger partial charge in [-0.25, -0.2) is 0 Å². The van der Waals surface area contributed by atoms with Gasteiger partial charge in [0.1, 0.15) is 0 Å². The van der Waals surface area contributed by atoms with E-state index in [0.717, 1.165) is 0 Å². The summed E-state index contributed by atoms with van der Waals surface area (Å²) < 4.78 is 0. The monoisotopic (exact) mass is 126 g/mol. The van der Waals surface area contributed by atoms with E-state index in [0.29, 0.717) is 10.7 Å². The first-order valence-electron chi connectivity index (χ1n) is 2.26. The van der Waals surface area contributed by atoms with Crippen LogP contribution >= 0.6 is 11.6 Å². The van der Waals surface area contributed by atoms with Gasteiger partial charge in [-0.15, -0.1) is 0 Å². The van der Waals surface area contributed by atoms with E-state index in [1.54, 1.807) is 24.3 Å². The van der Waals surface area contributed by atoms with E-state index in [2.05, 4.69) is 0 Å². The van der Waals surface area contributed by atoms with Gasteiger partial charge < -0.3 is 5.73 Å². The third-order valence-corrected chi connectivity index (χ3v) is 1.10. The highest BCUT2D eigenvalue weighted by molar-refractivity contribution is 6.30. The Kier molecular flexibility index (Phi) is 1.40. The summed E-state index contributed by atoms with van der Waals surface area (Å²) in [5.74, 6) is 0. The Morgan fingerprint density at radius 2 is 1.62 bits per heavy atom. The maximum Gasteiger partial charge on any atom is 0.0540 e. The maximum absolute atomic E-state index is 7.03. The fraction of sp³-hybridized carbons (Fsp3) is 0. The molecule has 0 aromatic heterocycles. The van der Waals surface area contributed by atoms with Crippen LogP contribution in [0.5, 0.6) is 0 Å². The summed E-state index contributed by atoms with van der Waals surface area (Å²) in [6.07, 6.45) is 0. The van der Waals surface area contributed by atoms with Crippen LogP contribution in [0.4, 0.5) is 5.69 Å². The van der Waals surface area contributed by atoms with E-state index in [9.17, 15) is 0 Å². The molecule has 1 aromatic rings. The Bertz CT molecular complexity index is 147. The number of halogens is 1. The second kappa shape index (κ2) is 2.05. The molecule has 2 heteroatoms. The largest absolute Gasteiger partial charge is 0.301 e. The second-order valence-electron chi connectivity index (χ2n) is 1.51. The number of rotatable bonds is 0. The van der Waals surface area contributed by atoms with E-state index in [1.807, 2.05) is 0 Å². The molecule has 1 N–H and O–H groups in total. The van der Waals surface area contributed by atoms with Crippen molar-refractivity contribution >= 4 is 17.3 Å². The molecule has 1 nitrogen and oxygen atoms in total. The number of nitrogens with one attached hydrogen (secondary N) is 1. The van der Waals surface area contributed by atoms with Crippen LogP contribution in [0.1, 0.15) is 0 Å². The van der Waals surface area contributed by atoms with Crippen molar-refractivity contribution in [1.29, 1.82) is 0 Å². The molecule has 1 aromatic carbocycles. The fourth-order valence-electron chi connectivity index (χ4n) is 0.450. The molecule has 0 spiro atoms. The smallest absolute Gasteiger partial charge is 0.0540 e. The lowest BCUT2D eigenvalue weighted by molar-refractivity contribution is 1.49. The second-order valence-corrected chi connectivity index (χ2v) is 1.94. The van der Waals surface area contributed by atoms with Crippen LogP contribution in [-0.2, 0) is 0 Å². The Labute approximate surface area is 53.1 Å². The van der Waals surface area contributed by atoms with Crippen molar-refractivity contribution in [3.8, 4) is 0 Å². The van der Waals surface area contributed by atoms with Crippen molar-refractivity contribution in [1.82, 2.24) is 5.73 Å². The molecule has 1 radical (unpaired) electrons. The van der Waals surface area contributed by atoms with Crippen molar-refractivity contribution in [2.75, 3.05) is 0 Å². The zero-order valence-electron chi connectivity index (χ0n) is 4.19. The van der Waals surface area contributed by atoms with Crippen LogP contribution in [0.2, 0.25) is 5.02 Å². The Morgan fingerprint density at radius 3 is 2.00 bits per heavy atom. The SMILES string of the molecule is [NH]c1ccc(Cl)cc1. The van der Waals surface area contributed by atoms with Crippen LogP contribution < -0.4 is 5.73 Å². The first-order chi connectivity index (χ1) is 3.79. The van der Waals surface area contributed by atoms with Crippen LogP contribution in [-0.4, -0.2) is 0 Å². The molecule has 8 heavy (non-hydrogen) atoms. The molecule has 0 saturated carbocycles. The number of hydrogen-bond acceptors (Lipinski definition) is 0. The molecule has 41 valence electrons. The quantitative estimate of drug-likeness (QED) is 0.509. The molecule has 0 bridgehead atoms. The Balaban J connectivity index is 3.03. The predicted molar refractivity (Wildman–Crippen MR) is 34.2 cm³/mol. The van der Waals surface area contributed by atoms with Crippen molar-refractivity contribution in [3.05, 3.63) is 29.3 Å². The van der Waals surface area contributed by atoms with Crippen LogP contribution in [0.25, 0.3) is 0 Å². The molecule has 0 heterocycles. The average molecular weight is 127 g/mol. The van der Waals surface area contributed by atoms with Gasteiger partial charge in [0.2, 0.25) is 0 Å². The summed E-state index contributed by atoms with van der Waals surface area (Å²) >= 11 is 5.53. The molecule has 0 aliphatic carbocycles. The molecule has 0 aliphatic rings. The summed E-state index contributed by atoms with van der Waals surface area (Å²) in [5.41, 5.74) is 7.53. The normalized spacial score (nSPS) is 9.12. The van der Waals surface area contributed by atoms with E-state index >= 15 is 0 Å². The third kappa shape index (κ3) is 1.14. The minimum Gasteiger partial charge on any atom is -0.301 e. The van der Waals surface area contributed by atoms with Gasteiger partial charge in [0.05, 0.1) is 5.69 Å². The third-order valence-electron chi connectivity index (χ3n) is 0.844. The van der Waals surface area contributed by atoms with Crippen LogP contribution in [0.15, 0.2) is 24.3 Å². The summed E-state index contributed by atoms with van der Waals surface area (Å²) in [6.45, 7) is 0. The lowest BCUT2D eigenvalue weighted by atomic mass is 10.3. The average Bonchev–Trinajstić information content (AvgIpc) is 1.77. The summed E-state index contributed by atoms with van der Waals surface area (Å²) in [6, 6.07) is 6.71. The van der Waals surface area contributed by atoms with E-state index < -0.39 is 0 Å². The van der Waals surface area contributed by atoms with E-state index in [-0.39, 0.29) is 0 Å². The van der Waals surface area contributed by atoms with Gasteiger partial charge in [0.15, 0.2) is 0 Å². The van der Waals surface area contributed by atoms with Gasteiger partial charge in [-0.2, -0.15) is 0 Å². The van der Waals surface area contributed by atoms with Gasteiger partial charge in [0.25, 0.3) is 0 Å². The van der Waals surface area contributed by atoms with Gasteiger partial charge in [-0.3, -0.25) is 0 Å². The topological polar surface area (TPSA) is 23.8 Å². The van der Waals surface area contributed by atoms with Crippen molar-refractivity contribution < 1.29 is 0 Å². The first-order valence-corrected chi connectivity index (χ1v) is 2.64. The minimum absolute atomic E-state index is 0.495. The predicted octanol–water partition coefficient (Wildman–Crippen LogP) is 2.25. The molecular weight excluding hydrogens is 122 g/mol. The summed E-state index contributed by atoms with van der Waals surface area (Å²) in [4.78, 5) is 0. The molecule has 0 atom stereocenters. The highest BCUT2D eigenvalue weighted by atomic mass is 35.5. The highest BCUT2D eigenvalue weighted by Crippen LogP contribution is 2.10. The van der Waals surface area contributed by atoms with Crippen LogP contribution in [0, 0.1) is 0 Å². The van der Waals surface area contributed by atoms with Crippen molar-refractivity contribution in [2.45, 2.75) is 0 Å². The fourth-order valence-corrected chi connectivity index (χ4v) is 0.576. The van der Waals surface area contributed by atoms with Gasteiger partial charge in [-0.1, -0.05) is 11.6 Å².